The number of carbonyl (C=O) groups excluding carboxylic acids is 1. The molecular weight excluding hydrogens is 329 g/mol. The highest BCUT2D eigenvalue weighted by Crippen LogP contribution is 2.09. The lowest BCUT2D eigenvalue weighted by Gasteiger charge is -1.95. The van der Waals surface area contributed by atoms with Crippen molar-refractivity contribution >= 4 is 11.6 Å². The van der Waals surface area contributed by atoms with Gasteiger partial charge in [0.15, 0.2) is 5.69 Å². The third kappa shape index (κ3) is 2.15. The van der Waals surface area contributed by atoms with Crippen molar-refractivity contribution in [2.45, 2.75) is 13.8 Å². The summed E-state index contributed by atoms with van der Waals surface area (Å²) in [6.07, 6.45) is 1.98. The van der Waals surface area contributed by atoms with Crippen LogP contribution in [-0.2, 0) is 7.05 Å². The molecule has 1 amide bonds. The van der Waals surface area contributed by atoms with Crippen molar-refractivity contribution in [3.8, 4) is 0 Å². The second-order valence-corrected chi connectivity index (χ2v) is 4.01. The highest BCUT2D eigenvalue weighted by Gasteiger charge is 2.24. The van der Waals surface area contributed by atoms with Crippen molar-refractivity contribution in [1.82, 2.24) is 9.88 Å². The number of pyridine rings is 1. The van der Waals surface area contributed by atoms with E-state index in [2.05, 4.69) is 5.32 Å². The first kappa shape index (κ1) is 14.0. The Hall–Kier alpha value is -1.11. The van der Waals surface area contributed by atoms with E-state index in [4.69, 9.17) is 0 Å². The predicted molar refractivity (Wildman–Crippen MR) is 61.4 cm³/mol. The van der Waals surface area contributed by atoms with Gasteiger partial charge in [0, 0.05) is 20.0 Å². The van der Waals surface area contributed by atoms with E-state index in [9.17, 15) is 4.79 Å². The van der Waals surface area contributed by atoms with Crippen LogP contribution in [0.1, 0.15) is 21.7 Å². The van der Waals surface area contributed by atoms with Crippen LogP contribution in [0, 0.1) is 13.8 Å². The van der Waals surface area contributed by atoms with E-state index in [0.717, 1.165) is 16.9 Å². The molecule has 0 aliphatic carbocycles. The van der Waals surface area contributed by atoms with E-state index in [1.165, 1.54) is 0 Å². The summed E-state index contributed by atoms with van der Waals surface area (Å²) in [6.45, 7) is 3.97. The third-order valence-electron chi connectivity index (χ3n) is 2.95. The quantitative estimate of drug-likeness (QED) is 0.460. The Bertz CT molecular complexity index is 575. The molecule has 0 atom stereocenters. The van der Waals surface area contributed by atoms with E-state index in [0.29, 0.717) is 5.69 Å². The maximum atomic E-state index is 11.8. The first-order valence-electron chi connectivity index (χ1n) is 5.25. The number of hydrogen-bond acceptors (Lipinski definition) is 1. The molecule has 0 radical (unpaired) electrons. The van der Waals surface area contributed by atoms with Crippen LogP contribution in [0.5, 0.6) is 0 Å². The molecule has 2 aromatic rings. The number of halogens is 1. The van der Waals surface area contributed by atoms with Crippen molar-refractivity contribution in [2.75, 3.05) is 7.05 Å². The molecular formula is C12H16IN3O. The molecule has 92 valence electrons. The number of aromatic nitrogens is 2. The molecule has 2 aromatic heterocycles. The molecule has 17 heavy (non-hydrogen) atoms. The van der Waals surface area contributed by atoms with Crippen LogP contribution >= 0.6 is 0 Å². The number of nitrogens with zero attached hydrogens (tertiary/aromatic N) is 2. The van der Waals surface area contributed by atoms with Gasteiger partial charge in [-0.05, 0) is 18.6 Å². The molecule has 1 N–H and O–H groups in total. The molecule has 0 aliphatic heterocycles. The van der Waals surface area contributed by atoms with Crippen molar-refractivity contribution in [3.05, 3.63) is 35.3 Å². The summed E-state index contributed by atoms with van der Waals surface area (Å²) >= 11 is 0. The maximum absolute atomic E-state index is 11.8. The van der Waals surface area contributed by atoms with E-state index in [1.807, 2.05) is 48.2 Å². The molecule has 0 saturated heterocycles. The second kappa shape index (κ2) is 5.03. The largest absolute Gasteiger partial charge is 1.00 e. The van der Waals surface area contributed by atoms with Gasteiger partial charge in [-0.15, -0.1) is 0 Å². The van der Waals surface area contributed by atoms with Crippen LogP contribution in [0.2, 0.25) is 0 Å². The van der Waals surface area contributed by atoms with Crippen LogP contribution in [0.15, 0.2) is 18.3 Å². The van der Waals surface area contributed by atoms with Gasteiger partial charge in [0.2, 0.25) is 5.69 Å². The summed E-state index contributed by atoms with van der Waals surface area (Å²) < 4.78 is 3.95. The van der Waals surface area contributed by atoms with Gasteiger partial charge in [0.1, 0.15) is 0 Å². The zero-order valence-electron chi connectivity index (χ0n) is 10.4. The summed E-state index contributed by atoms with van der Waals surface area (Å²) in [5.74, 6) is -0.0568. The molecule has 4 nitrogen and oxygen atoms in total. The van der Waals surface area contributed by atoms with E-state index in [1.54, 1.807) is 7.05 Å². The normalized spacial score (nSPS) is 10.1. The predicted octanol–water partition coefficient (Wildman–Crippen LogP) is -2.26. The Morgan fingerprint density at radius 1 is 1.35 bits per heavy atom. The summed E-state index contributed by atoms with van der Waals surface area (Å²) in [5.41, 5.74) is 3.81. The molecule has 0 bridgehead atoms. The zero-order chi connectivity index (χ0) is 11.9. The monoisotopic (exact) mass is 345 g/mol. The summed E-state index contributed by atoms with van der Waals surface area (Å²) in [4.78, 5) is 11.8. The molecule has 0 aromatic carbocycles. The molecule has 2 heterocycles. The zero-order valence-corrected chi connectivity index (χ0v) is 12.6. The highest BCUT2D eigenvalue weighted by atomic mass is 127. The van der Waals surface area contributed by atoms with Crippen molar-refractivity contribution < 1.29 is 33.2 Å². The average molecular weight is 345 g/mol. The van der Waals surface area contributed by atoms with Crippen LogP contribution < -0.4 is 33.7 Å². The lowest BCUT2D eigenvalue weighted by atomic mass is 10.3. The minimum atomic E-state index is -0.0568. The van der Waals surface area contributed by atoms with E-state index < -0.39 is 0 Å². The van der Waals surface area contributed by atoms with Gasteiger partial charge < -0.3 is 29.3 Å². The van der Waals surface area contributed by atoms with Gasteiger partial charge in [-0.1, -0.05) is 0 Å². The summed E-state index contributed by atoms with van der Waals surface area (Å²) in [6, 6.07) is 4.07. The van der Waals surface area contributed by atoms with Crippen LogP contribution in [0.3, 0.4) is 0 Å². The SMILES string of the molecule is CNC(=O)c1c(C)n(C)c2ccc(C)c[n+]12.[I-]. The highest BCUT2D eigenvalue weighted by molar-refractivity contribution is 5.92. The van der Waals surface area contributed by atoms with Gasteiger partial charge in [-0.25, -0.2) is 4.57 Å². The summed E-state index contributed by atoms with van der Waals surface area (Å²) in [7, 11) is 3.61. The van der Waals surface area contributed by atoms with Crippen LogP contribution in [0.4, 0.5) is 0 Å². The molecule has 0 aliphatic rings. The minimum Gasteiger partial charge on any atom is -1.00 e. The van der Waals surface area contributed by atoms with Crippen molar-refractivity contribution in [1.29, 1.82) is 0 Å². The molecule has 0 fully saturated rings. The lowest BCUT2D eigenvalue weighted by molar-refractivity contribution is -0.514. The van der Waals surface area contributed by atoms with Gasteiger partial charge in [-0.3, -0.25) is 4.79 Å². The number of carbonyl (C=O) groups is 1. The number of nitrogens with one attached hydrogen (secondary N) is 1. The van der Waals surface area contributed by atoms with Gasteiger partial charge >= 0.3 is 0 Å². The Balaban J connectivity index is 0.00000144. The second-order valence-electron chi connectivity index (χ2n) is 4.01. The number of imidazole rings is 1. The van der Waals surface area contributed by atoms with Gasteiger partial charge in [0.25, 0.3) is 11.6 Å². The molecule has 0 spiro atoms. The number of amides is 1. The third-order valence-corrected chi connectivity index (χ3v) is 2.95. The fourth-order valence-electron chi connectivity index (χ4n) is 1.95. The summed E-state index contributed by atoms with van der Waals surface area (Å²) in [5, 5.41) is 2.67. The van der Waals surface area contributed by atoms with Gasteiger partial charge in [-0.2, -0.15) is 4.40 Å². The van der Waals surface area contributed by atoms with E-state index in [-0.39, 0.29) is 29.9 Å². The molecule has 5 heteroatoms. The van der Waals surface area contributed by atoms with E-state index >= 15 is 0 Å². The Kier molecular flexibility index (Phi) is 4.13. The van der Waals surface area contributed by atoms with Crippen molar-refractivity contribution in [2.24, 2.45) is 7.05 Å². The minimum absolute atomic E-state index is 0. The fourth-order valence-corrected chi connectivity index (χ4v) is 1.95. The molecule has 0 saturated carbocycles. The number of fused-ring (bicyclic) bond motifs is 1. The molecule has 0 unspecified atom stereocenters. The van der Waals surface area contributed by atoms with Crippen LogP contribution in [0.25, 0.3) is 5.65 Å². The standard InChI is InChI=1S/C12H15N3O.HI/c1-8-5-6-10-14(4)9(2)11(12(16)13-3)15(10)7-8;/h5-7H,1-4H3;1H. The number of hydrogen-bond donors (Lipinski definition) is 1. The smallest absolute Gasteiger partial charge is 0.295 e. The Morgan fingerprint density at radius 3 is 2.59 bits per heavy atom. The topological polar surface area (TPSA) is 38.1 Å². The first-order valence-corrected chi connectivity index (χ1v) is 5.25. The first-order chi connectivity index (χ1) is 7.56. The lowest BCUT2D eigenvalue weighted by Crippen LogP contribution is -3.00. The molecule has 2 rings (SSSR count). The average Bonchev–Trinajstić information content (AvgIpc) is 2.51. The van der Waals surface area contributed by atoms with Crippen molar-refractivity contribution in [3.63, 3.8) is 0 Å². The number of aryl methyl sites for hydroxylation is 2. The maximum Gasteiger partial charge on any atom is 0.295 e. The fraction of sp³-hybridized carbons (Fsp3) is 0.333. The van der Waals surface area contributed by atoms with Gasteiger partial charge in [0.05, 0.1) is 13.2 Å². The Morgan fingerprint density at radius 2 is 2.00 bits per heavy atom. The number of rotatable bonds is 1. The Labute approximate surface area is 118 Å². The van der Waals surface area contributed by atoms with Crippen LogP contribution in [-0.4, -0.2) is 17.5 Å².